The van der Waals surface area contributed by atoms with Crippen LogP contribution in [0.3, 0.4) is 0 Å². The molecule has 1 N–H and O–H groups in total. The predicted molar refractivity (Wildman–Crippen MR) is 146 cm³/mol. The summed E-state index contributed by atoms with van der Waals surface area (Å²) in [7, 11) is 0. The van der Waals surface area contributed by atoms with Crippen LogP contribution in [0.25, 0.3) is 0 Å². The number of rotatable bonds is 12. The fourth-order valence-electron chi connectivity index (χ4n) is 3.68. The number of nitrogens with zero attached hydrogens (tertiary/aromatic N) is 1. The topological polar surface area (TPSA) is 49.4 Å². The third kappa shape index (κ3) is 8.92. The number of carbonyl (C=O) groups is 2. The van der Waals surface area contributed by atoms with Gasteiger partial charge in [-0.3, -0.25) is 9.59 Å². The summed E-state index contributed by atoms with van der Waals surface area (Å²) in [6.45, 7) is 2.88. The minimum absolute atomic E-state index is 0.0704. The van der Waals surface area contributed by atoms with E-state index in [0.717, 1.165) is 22.4 Å². The van der Waals surface area contributed by atoms with Gasteiger partial charge in [0.1, 0.15) is 6.04 Å². The molecule has 1 atom stereocenters. The molecule has 184 valence electrons. The Bertz CT molecular complexity index is 1090. The van der Waals surface area contributed by atoms with Gasteiger partial charge >= 0.3 is 0 Å². The summed E-state index contributed by atoms with van der Waals surface area (Å²) in [6, 6.07) is 24.2. The quantitative estimate of drug-likeness (QED) is 0.268. The van der Waals surface area contributed by atoms with Gasteiger partial charge < -0.3 is 10.2 Å². The SMILES string of the molecule is CCCNC(=O)C(Cc1ccccc1)N(Cc1cccc(Cl)c1)C(=O)CCSc1ccc(Cl)cc1. The number of hydrogen-bond donors (Lipinski definition) is 1. The summed E-state index contributed by atoms with van der Waals surface area (Å²) in [5, 5.41) is 4.28. The van der Waals surface area contributed by atoms with Gasteiger partial charge in [-0.05, 0) is 53.9 Å². The van der Waals surface area contributed by atoms with Crippen LogP contribution >= 0.6 is 35.0 Å². The largest absolute Gasteiger partial charge is 0.354 e. The standard InChI is InChI=1S/C28H30Cl2N2O2S/c1-2-16-31-28(34)26(19-21-7-4-3-5-8-21)32(20-22-9-6-10-24(30)18-22)27(33)15-17-35-25-13-11-23(29)12-14-25/h3-14,18,26H,2,15-17,19-20H2,1H3,(H,31,34). The van der Waals surface area contributed by atoms with Gasteiger partial charge in [0.15, 0.2) is 0 Å². The first-order valence-electron chi connectivity index (χ1n) is 11.7. The Balaban J connectivity index is 1.82. The van der Waals surface area contributed by atoms with Crippen LogP contribution in [0.4, 0.5) is 0 Å². The van der Waals surface area contributed by atoms with Gasteiger partial charge in [0, 0.05) is 46.6 Å². The predicted octanol–water partition coefficient (Wildman–Crippen LogP) is 6.64. The molecule has 0 aliphatic heterocycles. The second kappa shape index (κ2) is 14.2. The number of hydrogen-bond acceptors (Lipinski definition) is 3. The van der Waals surface area contributed by atoms with Crippen LogP contribution < -0.4 is 5.32 Å². The fourth-order valence-corrected chi connectivity index (χ4v) is 4.86. The highest BCUT2D eigenvalue weighted by Crippen LogP contribution is 2.23. The molecule has 7 heteroatoms. The zero-order valence-electron chi connectivity index (χ0n) is 19.8. The first kappa shape index (κ1) is 27.1. The van der Waals surface area contributed by atoms with E-state index in [1.54, 1.807) is 22.7 Å². The summed E-state index contributed by atoms with van der Waals surface area (Å²) in [6.07, 6.45) is 1.57. The first-order chi connectivity index (χ1) is 17.0. The molecule has 1 unspecified atom stereocenters. The number of thioether (sulfide) groups is 1. The minimum Gasteiger partial charge on any atom is -0.354 e. The van der Waals surface area contributed by atoms with Gasteiger partial charge in [0.2, 0.25) is 11.8 Å². The molecule has 0 saturated heterocycles. The molecule has 35 heavy (non-hydrogen) atoms. The molecule has 0 saturated carbocycles. The molecule has 0 aromatic heterocycles. The molecule has 2 amide bonds. The van der Waals surface area contributed by atoms with Crippen LogP contribution in [0.15, 0.2) is 83.8 Å². The molecule has 0 heterocycles. The number of halogens is 2. The van der Waals surface area contributed by atoms with Crippen LogP contribution in [-0.4, -0.2) is 35.1 Å². The Kier molecular flexibility index (Phi) is 11.0. The van der Waals surface area contributed by atoms with Crippen molar-refractivity contribution in [1.82, 2.24) is 10.2 Å². The average molecular weight is 530 g/mol. The maximum atomic E-state index is 13.6. The highest BCUT2D eigenvalue weighted by atomic mass is 35.5. The summed E-state index contributed by atoms with van der Waals surface area (Å²) in [4.78, 5) is 29.6. The Labute approximate surface area is 222 Å². The van der Waals surface area contributed by atoms with Crippen molar-refractivity contribution in [2.45, 2.75) is 43.7 Å². The van der Waals surface area contributed by atoms with Crippen molar-refractivity contribution in [2.24, 2.45) is 0 Å². The number of benzene rings is 3. The van der Waals surface area contributed by atoms with Gasteiger partial charge in [-0.1, -0.05) is 72.6 Å². The summed E-state index contributed by atoms with van der Waals surface area (Å²) in [5.74, 6) is 0.386. The molecular formula is C28H30Cl2N2O2S. The van der Waals surface area contributed by atoms with E-state index in [2.05, 4.69) is 5.32 Å². The van der Waals surface area contributed by atoms with E-state index in [4.69, 9.17) is 23.2 Å². The van der Waals surface area contributed by atoms with Crippen molar-refractivity contribution < 1.29 is 9.59 Å². The van der Waals surface area contributed by atoms with Crippen LogP contribution in [-0.2, 0) is 22.6 Å². The van der Waals surface area contributed by atoms with Crippen molar-refractivity contribution >= 4 is 46.8 Å². The number of carbonyl (C=O) groups excluding carboxylic acids is 2. The van der Waals surface area contributed by atoms with E-state index in [1.807, 2.05) is 79.7 Å². The Morgan fingerprint density at radius 2 is 1.63 bits per heavy atom. The normalized spacial score (nSPS) is 11.6. The molecule has 3 rings (SSSR count). The van der Waals surface area contributed by atoms with E-state index in [-0.39, 0.29) is 11.8 Å². The molecular weight excluding hydrogens is 499 g/mol. The number of nitrogens with one attached hydrogen (secondary N) is 1. The van der Waals surface area contributed by atoms with Gasteiger partial charge in [0.05, 0.1) is 0 Å². The highest BCUT2D eigenvalue weighted by molar-refractivity contribution is 7.99. The fraction of sp³-hybridized carbons (Fsp3) is 0.286. The van der Waals surface area contributed by atoms with Crippen LogP contribution in [0.2, 0.25) is 10.0 Å². The highest BCUT2D eigenvalue weighted by Gasteiger charge is 2.30. The van der Waals surface area contributed by atoms with E-state index < -0.39 is 6.04 Å². The summed E-state index contributed by atoms with van der Waals surface area (Å²) >= 11 is 13.8. The molecule has 0 aliphatic carbocycles. The molecule has 0 bridgehead atoms. The summed E-state index contributed by atoms with van der Waals surface area (Å²) in [5.41, 5.74) is 1.89. The van der Waals surface area contributed by atoms with Crippen molar-refractivity contribution in [3.63, 3.8) is 0 Å². The second-order valence-corrected chi connectivity index (χ2v) is 10.2. The van der Waals surface area contributed by atoms with Gasteiger partial charge in [-0.15, -0.1) is 11.8 Å². The lowest BCUT2D eigenvalue weighted by atomic mass is 10.0. The van der Waals surface area contributed by atoms with Crippen molar-refractivity contribution in [3.8, 4) is 0 Å². The van der Waals surface area contributed by atoms with Crippen molar-refractivity contribution in [3.05, 3.63) is 100 Å². The molecule has 0 spiro atoms. The third-order valence-corrected chi connectivity index (χ3v) is 6.96. The van der Waals surface area contributed by atoms with Gasteiger partial charge in [-0.25, -0.2) is 0 Å². The Morgan fingerprint density at radius 1 is 0.914 bits per heavy atom. The van der Waals surface area contributed by atoms with Crippen LogP contribution in [0, 0.1) is 0 Å². The van der Waals surface area contributed by atoms with Crippen LogP contribution in [0.1, 0.15) is 30.9 Å². The lowest BCUT2D eigenvalue weighted by Gasteiger charge is -2.31. The monoisotopic (exact) mass is 528 g/mol. The minimum atomic E-state index is -0.629. The average Bonchev–Trinajstić information content (AvgIpc) is 2.86. The van der Waals surface area contributed by atoms with E-state index in [0.29, 0.717) is 41.7 Å². The zero-order chi connectivity index (χ0) is 25.0. The van der Waals surface area contributed by atoms with Gasteiger partial charge in [-0.2, -0.15) is 0 Å². The van der Waals surface area contributed by atoms with E-state index in [9.17, 15) is 9.59 Å². The third-order valence-electron chi connectivity index (χ3n) is 5.46. The smallest absolute Gasteiger partial charge is 0.243 e. The molecule has 4 nitrogen and oxygen atoms in total. The van der Waals surface area contributed by atoms with Crippen LogP contribution in [0.5, 0.6) is 0 Å². The van der Waals surface area contributed by atoms with E-state index >= 15 is 0 Å². The molecule has 3 aromatic carbocycles. The molecule has 3 aromatic rings. The van der Waals surface area contributed by atoms with Crippen molar-refractivity contribution in [2.75, 3.05) is 12.3 Å². The van der Waals surface area contributed by atoms with Gasteiger partial charge in [0.25, 0.3) is 0 Å². The Hall–Kier alpha value is -2.47. The first-order valence-corrected chi connectivity index (χ1v) is 13.4. The second-order valence-electron chi connectivity index (χ2n) is 8.20. The Morgan fingerprint density at radius 3 is 2.31 bits per heavy atom. The lowest BCUT2D eigenvalue weighted by Crippen LogP contribution is -2.50. The summed E-state index contributed by atoms with van der Waals surface area (Å²) < 4.78 is 0. The molecule has 0 radical (unpaired) electrons. The maximum Gasteiger partial charge on any atom is 0.243 e. The maximum absolute atomic E-state index is 13.6. The molecule has 0 aliphatic rings. The van der Waals surface area contributed by atoms with E-state index in [1.165, 1.54) is 0 Å². The lowest BCUT2D eigenvalue weighted by molar-refractivity contribution is -0.141. The van der Waals surface area contributed by atoms with Crippen molar-refractivity contribution in [1.29, 1.82) is 0 Å². The molecule has 0 fully saturated rings. The zero-order valence-corrected chi connectivity index (χ0v) is 22.1. The number of amides is 2.